The van der Waals surface area contributed by atoms with Crippen molar-refractivity contribution in [2.24, 2.45) is 0 Å². The van der Waals surface area contributed by atoms with Gasteiger partial charge in [-0.1, -0.05) is 72.0 Å². The zero-order chi connectivity index (χ0) is 23.8. The fraction of sp³-hybridized carbons (Fsp3) is 0.179. The zero-order valence-corrected chi connectivity index (χ0v) is 20.1. The minimum Gasteiger partial charge on any atom is -0.493 e. The minimum atomic E-state index is -0.144. The fourth-order valence-electron chi connectivity index (χ4n) is 4.73. The van der Waals surface area contributed by atoms with Gasteiger partial charge in [-0.05, 0) is 30.7 Å². The molecule has 1 amide bonds. The lowest BCUT2D eigenvalue weighted by atomic mass is 9.85. The van der Waals surface area contributed by atoms with Gasteiger partial charge in [0.2, 0.25) is 11.0 Å². The molecule has 5 aromatic rings. The van der Waals surface area contributed by atoms with Crippen LogP contribution in [0.4, 0.5) is 5.82 Å². The number of fused-ring (bicyclic) bond motifs is 2. The Morgan fingerprint density at radius 1 is 1.03 bits per heavy atom. The highest BCUT2D eigenvalue weighted by molar-refractivity contribution is 7.20. The van der Waals surface area contributed by atoms with Crippen molar-refractivity contribution < 1.29 is 9.53 Å². The normalized spacial score (nSPS) is 15.1. The van der Waals surface area contributed by atoms with Crippen LogP contribution in [0.1, 0.15) is 34.7 Å². The average molecular weight is 481 g/mol. The van der Waals surface area contributed by atoms with E-state index in [0.717, 1.165) is 44.3 Å². The van der Waals surface area contributed by atoms with Gasteiger partial charge in [0.1, 0.15) is 11.6 Å². The summed E-state index contributed by atoms with van der Waals surface area (Å²) in [5.41, 5.74) is 5.05. The first-order valence-corrected chi connectivity index (χ1v) is 12.5. The van der Waals surface area contributed by atoms with E-state index in [4.69, 9.17) is 14.8 Å². The predicted octanol–water partition coefficient (Wildman–Crippen LogP) is 5.89. The Balaban J connectivity index is 1.35. The second kappa shape index (κ2) is 9.00. The van der Waals surface area contributed by atoms with Gasteiger partial charge in [0.15, 0.2) is 0 Å². The molecule has 2 aromatic heterocycles. The van der Waals surface area contributed by atoms with Crippen LogP contribution in [0.5, 0.6) is 5.75 Å². The number of benzene rings is 3. The van der Waals surface area contributed by atoms with E-state index in [2.05, 4.69) is 23.5 Å². The fourth-order valence-corrected chi connectivity index (χ4v) is 5.65. The molecule has 0 fully saturated rings. The van der Waals surface area contributed by atoms with Crippen molar-refractivity contribution in [2.45, 2.75) is 25.7 Å². The Kier molecular flexibility index (Phi) is 5.54. The first kappa shape index (κ1) is 21.6. The van der Waals surface area contributed by atoms with Crippen LogP contribution in [0.2, 0.25) is 0 Å². The highest BCUT2D eigenvalue weighted by atomic mass is 32.1. The molecule has 0 saturated carbocycles. The number of amides is 1. The number of thiazole rings is 1. The Morgan fingerprint density at radius 2 is 1.80 bits per heavy atom. The molecular formula is C28H24N4O2S. The Hall–Kier alpha value is -3.97. The van der Waals surface area contributed by atoms with Crippen LogP contribution < -0.4 is 10.1 Å². The topological polar surface area (TPSA) is 69.0 Å². The first-order valence-electron chi connectivity index (χ1n) is 11.7. The van der Waals surface area contributed by atoms with E-state index < -0.39 is 0 Å². The molecule has 6 nitrogen and oxygen atoms in total. The SMILES string of the molecule is Cc1nn(-c2nc3ccccc3s2)c2c1[C@H](c1ccccc1OCCc1ccccc1)CC(=O)N2. The Bertz CT molecular complexity index is 1490. The van der Waals surface area contributed by atoms with E-state index in [1.54, 1.807) is 16.0 Å². The largest absolute Gasteiger partial charge is 0.493 e. The Morgan fingerprint density at radius 3 is 2.66 bits per heavy atom. The smallest absolute Gasteiger partial charge is 0.226 e. The summed E-state index contributed by atoms with van der Waals surface area (Å²) >= 11 is 1.56. The number of anilines is 1. The molecular weight excluding hydrogens is 456 g/mol. The van der Waals surface area contributed by atoms with E-state index >= 15 is 0 Å². The van der Waals surface area contributed by atoms with Crippen molar-refractivity contribution in [3.8, 4) is 10.9 Å². The summed E-state index contributed by atoms with van der Waals surface area (Å²) < 4.78 is 9.11. The molecule has 1 atom stereocenters. The zero-order valence-electron chi connectivity index (χ0n) is 19.3. The maximum Gasteiger partial charge on any atom is 0.226 e. The molecule has 1 N–H and O–H groups in total. The summed E-state index contributed by atoms with van der Waals surface area (Å²) in [6.07, 6.45) is 1.17. The molecule has 174 valence electrons. The van der Waals surface area contributed by atoms with Crippen LogP contribution >= 0.6 is 11.3 Å². The lowest BCUT2D eigenvalue weighted by molar-refractivity contribution is -0.116. The van der Waals surface area contributed by atoms with E-state index in [0.29, 0.717) is 18.8 Å². The lowest BCUT2D eigenvalue weighted by Crippen LogP contribution is -2.25. The molecule has 0 bridgehead atoms. The maximum absolute atomic E-state index is 12.9. The summed E-state index contributed by atoms with van der Waals surface area (Å²) in [5, 5.41) is 8.61. The number of nitrogens with zero attached hydrogens (tertiary/aromatic N) is 3. The van der Waals surface area contributed by atoms with Crippen molar-refractivity contribution in [1.29, 1.82) is 0 Å². The van der Waals surface area contributed by atoms with Gasteiger partial charge in [-0.15, -0.1) is 0 Å². The Labute approximate surface area is 207 Å². The molecule has 3 heterocycles. The summed E-state index contributed by atoms with van der Waals surface area (Å²) in [6.45, 7) is 2.56. The van der Waals surface area contributed by atoms with Gasteiger partial charge in [-0.2, -0.15) is 9.78 Å². The summed E-state index contributed by atoms with van der Waals surface area (Å²) in [6, 6.07) is 26.3. The summed E-state index contributed by atoms with van der Waals surface area (Å²) in [4.78, 5) is 17.6. The molecule has 3 aromatic carbocycles. The highest BCUT2D eigenvalue weighted by Crippen LogP contribution is 2.43. The number of carbonyl (C=O) groups is 1. The molecule has 35 heavy (non-hydrogen) atoms. The maximum atomic E-state index is 12.9. The number of para-hydroxylation sites is 2. The van der Waals surface area contributed by atoms with Gasteiger partial charge in [0.05, 0.1) is 22.5 Å². The number of nitrogens with one attached hydrogen (secondary N) is 1. The standard InChI is InChI=1S/C28H24N4O2S/c1-18-26-21(20-11-5-7-13-23(20)34-16-15-19-9-3-2-4-10-19)17-25(33)30-27(26)32(31-18)28-29-22-12-6-8-14-24(22)35-28/h2-14,21H,15-17H2,1H3,(H,30,33)/t21-/m0/s1. The molecule has 0 saturated heterocycles. The third kappa shape index (κ3) is 4.08. The highest BCUT2D eigenvalue weighted by Gasteiger charge is 2.34. The predicted molar refractivity (Wildman–Crippen MR) is 139 cm³/mol. The molecule has 0 unspecified atom stereocenters. The number of ether oxygens (including phenoxy) is 1. The van der Waals surface area contributed by atoms with Gasteiger partial charge in [-0.25, -0.2) is 4.98 Å². The quantitative estimate of drug-likeness (QED) is 0.329. The molecule has 1 aliphatic rings. The summed E-state index contributed by atoms with van der Waals surface area (Å²) in [7, 11) is 0. The average Bonchev–Trinajstić information content (AvgIpc) is 3.45. The van der Waals surface area contributed by atoms with E-state index in [-0.39, 0.29) is 11.8 Å². The van der Waals surface area contributed by atoms with Crippen molar-refractivity contribution in [3.63, 3.8) is 0 Å². The van der Waals surface area contributed by atoms with E-state index in [1.165, 1.54) is 5.56 Å². The minimum absolute atomic E-state index is 0.0381. The van der Waals surface area contributed by atoms with Crippen molar-refractivity contribution in [2.75, 3.05) is 11.9 Å². The molecule has 0 aliphatic carbocycles. The van der Waals surface area contributed by atoms with Crippen molar-refractivity contribution in [1.82, 2.24) is 14.8 Å². The molecule has 7 heteroatoms. The van der Waals surface area contributed by atoms with E-state index in [9.17, 15) is 4.79 Å². The third-order valence-corrected chi connectivity index (χ3v) is 7.36. The van der Waals surface area contributed by atoms with Crippen LogP contribution in [0, 0.1) is 6.92 Å². The lowest BCUT2D eigenvalue weighted by Gasteiger charge is -2.25. The van der Waals surface area contributed by atoms with Gasteiger partial charge >= 0.3 is 0 Å². The second-order valence-electron chi connectivity index (χ2n) is 8.65. The van der Waals surface area contributed by atoms with Crippen molar-refractivity contribution in [3.05, 3.63) is 101 Å². The van der Waals surface area contributed by atoms with Gasteiger partial charge in [-0.3, -0.25) is 4.79 Å². The van der Waals surface area contributed by atoms with Crippen molar-refractivity contribution >= 4 is 33.3 Å². The number of hydrogen-bond donors (Lipinski definition) is 1. The first-order chi connectivity index (χ1) is 17.2. The molecule has 1 aliphatic heterocycles. The molecule has 6 rings (SSSR count). The van der Waals surface area contributed by atoms with Crippen LogP contribution in [0.3, 0.4) is 0 Å². The monoisotopic (exact) mass is 480 g/mol. The van der Waals surface area contributed by atoms with Gasteiger partial charge < -0.3 is 10.1 Å². The number of aromatic nitrogens is 3. The molecule has 0 spiro atoms. The van der Waals surface area contributed by atoms with E-state index in [1.807, 2.05) is 67.6 Å². The van der Waals surface area contributed by atoms with Gasteiger partial charge in [0.25, 0.3) is 0 Å². The summed E-state index contributed by atoms with van der Waals surface area (Å²) in [5.74, 6) is 1.32. The van der Waals surface area contributed by atoms with Crippen LogP contribution in [-0.4, -0.2) is 27.3 Å². The van der Waals surface area contributed by atoms with Crippen LogP contribution in [0.25, 0.3) is 15.3 Å². The molecule has 0 radical (unpaired) electrons. The van der Waals surface area contributed by atoms with Gasteiger partial charge in [0, 0.05) is 29.9 Å². The number of hydrogen-bond acceptors (Lipinski definition) is 5. The second-order valence-corrected chi connectivity index (χ2v) is 9.66. The number of rotatable bonds is 6. The number of carbonyl (C=O) groups excluding carboxylic acids is 1. The number of aryl methyl sites for hydroxylation is 1. The van der Waals surface area contributed by atoms with Crippen LogP contribution in [0.15, 0.2) is 78.9 Å². The van der Waals surface area contributed by atoms with Crippen LogP contribution in [-0.2, 0) is 11.2 Å². The third-order valence-electron chi connectivity index (χ3n) is 6.35.